The Balaban J connectivity index is 1.85. The molecule has 35 heavy (non-hydrogen) atoms. The van der Waals surface area contributed by atoms with E-state index in [-0.39, 0.29) is 11.5 Å². The molecule has 3 aromatic heterocycles. The number of nitrogens with two attached hydrogens (primary N) is 1. The minimum atomic E-state index is -0.767. The molecular formula is C26H23F2N6O+. The highest BCUT2D eigenvalue weighted by Gasteiger charge is 2.28. The molecule has 9 heteroatoms. The molecule has 7 nitrogen and oxygen atoms in total. The topological polar surface area (TPSA) is 93.7 Å². The lowest BCUT2D eigenvalue weighted by Gasteiger charge is -2.10. The first-order valence-corrected chi connectivity index (χ1v) is 11.1. The standard InChI is InChI=1S/C26H22F2N6O/c1-14-11-18(12-15(2)30-14)22-23(17-7-5-4-6-8-17)31-25(29)33-24(22)32-34(26(33)35)16(3)20-10-9-19(27)13-21(20)28/h4-13,16H,1-3H3,(H2,29,30,31,32)/p+1. The van der Waals surface area contributed by atoms with Gasteiger partial charge in [-0.05, 0) is 44.5 Å². The summed E-state index contributed by atoms with van der Waals surface area (Å²) >= 11 is 0. The molecule has 0 aliphatic rings. The van der Waals surface area contributed by atoms with Crippen molar-refractivity contribution in [3.8, 4) is 22.4 Å². The van der Waals surface area contributed by atoms with Crippen LogP contribution in [0.3, 0.4) is 0 Å². The van der Waals surface area contributed by atoms with Crippen LogP contribution in [0, 0.1) is 25.5 Å². The van der Waals surface area contributed by atoms with Crippen molar-refractivity contribution < 1.29 is 13.2 Å². The van der Waals surface area contributed by atoms with Crippen molar-refractivity contribution in [2.75, 3.05) is 5.73 Å². The predicted molar refractivity (Wildman–Crippen MR) is 129 cm³/mol. The van der Waals surface area contributed by atoms with E-state index in [0.29, 0.717) is 16.9 Å². The molecule has 3 N–H and O–H groups in total. The zero-order chi connectivity index (χ0) is 24.9. The van der Waals surface area contributed by atoms with E-state index in [4.69, 9.17) is 5.73 Å². The van der Waals surface area contributed by atoms with Crippen molar-refractivity contribution in [2.45, 2.75) is 26.8 Å². The van der Waals surface area contributed by atoms with Gasteiger partial charge in [-0.15, -0.1) is 9.38 Å². The molecule has 0 saturated heterocycles. The van der Waals surface area contributed by atoms with Gasteiger partial charge >= 0.3 is 11.6 Å². The molecule has 0 aliphatic heterocycles. The van der Waals surface area contributed by atoms with Gasteiger partial charge in [0.1, 0.15) is 23.4 Å². The monoisotopic (exact) mass is 473 g/mol. The van der Waals surface area contributed by atoms with E-state index < -0.39 is 23.4 Å². The number of hydrogen-bond acceptors (Lipinski definition) is 4. The third-order valence-corrected chi connectivity index (χ3v) is 5.99. The fourth-order valence-electron chi connectivity index (χ4n) is 4.43. The number of aromatic amines is 1. The molecule has 0 saturated carbocycles. The first-order valence-electron chi connectivity index (χ1n) is 11.1. The number of nitrogen functional groups attached to an aromatic ring is 1. The summed E-state index contributed by atoms with van der Waals surface area (Å²) in [5.41, 5.74) is 10.8. The summed E-state index contributed by atoms with van der Waals surface area (Å²) in [6, 6.07) is 15.8. The Labute approximate surface area is 199 Å². The van der Waals surface area contributed by atoms with Gasteiger partial charge in [-0.25, -0.2) is 18.7 Å². The van der Waals surface area contributed by atoms with Crippen molar-refractivity contribution >= 4 is 11.6 Å². The van der Waals surface area contributed by atoms with Crippen molar-refractivity contribution in [1.29, 1.82) is 0 Å². The van der Waals surface area contributed by atoms with Gasteiger partial charge in [0.2, 0.25) is 5.65 Å². The van der Waals surface area contributed by atoms with Crippen LogP contribution in [0.4, 0.5) is 14.7 Å². The van der Waals surface area contributed by atoms with Gasteiger partial charge in [0.15, 0.2) is 0 Å². The molecule has 0 bridgehead atoms. The fourth-order valence-corrected chi connectivity index (χ4v) is 4.43. The Hall–Kier alpha value is -4.40. The van der Waals surface area contributed by atoms with Crippen LogP contribution in [0.1, 0.15) is 29.9 Å². The molecule has 3 heterocycles. The molecule has 0 fully saturated rings. The number of benzene rings is 2. The number of pyridine rings is 1. The molecule has 2 aromatic carbocycles. The molecule has 1 atom stereocenters. The smallest absolute Gasteiger partial charge is 0.319 e. The molecule has 176 valence electrons. The molecule has 0 spiro atoms. The van der Waals surface area contributed by atoms with Crippen LogP contribution in [-0.2, 0) is 0 Å². The van der Waals surface area contributed by atoms with Gasteiger partial charge in [-0.3, -0.25) is 4.98 Å². The second-order valence-electron chi connectivity index (χ2n) is 8.49. The van der Waals surface area contributed by atoms with E-state index in [1.54, 1.807) is 6.92 Å². The van der Waals surface area contributed by atoms with E-state index in [1.165, 1.54) is 15.1 Å². The van der Waals surface area contributed by atoms with Crippen LogP contribution >= 0.6 is 0 Å². The molecule has 5 aromatic rings. The maximum Gasteiger partial charge on any atom is 0.428 e. The molecule has 0 radical (unpaired) electrons. The summed E-state index contributed by atoms with van der Waals surface area (Å²) in [5.74, 6) is -1.45. The number of fused-ring (bicyclic) bond motifs is 1. The minimum Gasteiger partial charge on any atom is -0.319 e. The summed E-state index contributed by atoms with van der Waals surface area (Å²) < 4.78 is 30.6. The first-order chi connectivity index (χ1) is 16.7. The predicted octanol–water partition coefficient (Wildman–Crippen LogP) is 4.13. The maximum atomic E-state index is 14.6. The van der Waals surface area contributed by atoms with Crippen LogP contribution in [-0.4, -0.2) is 19.7 Å². The van der Waals surface area contributed by atoms with Crippen LogP contribution in [0.5, 0.6) is 0 Å². The SMILES string of the molecule is Cc1cc(-c2c(-c3ccccc3)nc(N)[n+]3c(=O)n(C(C)c4ccc(F)cc4F)[nH]c23)cc(C)n1. The Morgan fingerprint density at radius 3 is 2.31 bits per heavy atom. The van der Waals surface area contributed by atoms with E-state index >= 15 is 0 Å². The number of rotatable bonds is 4. The van der Waals surface area contributed by atoms with Crippen LogP contribution in [0.25, 0.3) is 28.0 Å². The van der Waals surface area contributed by atoms with Crippen LogP contribution < -0.4 is 15.8 Å². The summed E-state index contributed by atoms with van der Waals surface area (Å²) in [6.45, 7) is 5.43. The molecule has 5 rings (SSSR count). The van der Waals surface area contributed by atoms with Crippen molar-refractivity contribution in [3.05, 3.63) is 99.7 Å². The highest BCUT2D eigenvalue weighted by molar-refractivity contribution is 5.88. The normalized spacial score (nSPS) is 12.3. The Morgan fingerprint density at radius 1 is 0.971 bits per heavy atom. The summed E-state index contributed by atoms with van der Waals surface area (Å²) in [4.78, 5) is 22.5. The van der Waals surface area contributed by atoms with Crippen LogP contribution in [0.2, 0.25) is 0 Å². The van der Waals surface area contributed by atoms with Gasteiger partial charge in [0, 0.05) is 28.6 Å². The number of nitrogens with zero attached hydrogens (tertiary/aromatic N) is 4. The highest BCUT2D eigenvalue weighted by Crippen LogP contribution is 2.33. The summed E-state index contributed by atoms with van der Waals surface area (Å²) in [6.07, 6.45) is 0. The van der Waals surface area contributed by atoms with Gasteiger partial charge in [0.25, 0.3) is 0 Å². The number of aryl methyl sites for hydroxylation is 2. The van der Waals surface area contributed by atoms with Crippen molar-refractivity contribution in [3.63, 3.8) is 0 Å². The lowest BCUT2D eigenvalue weighted by molar-refractivity contribution is -0.516. The number of aromatic nitrogens is 5. The average Bonchev–Trinajstić information content (AvgIpc) is 3.16. The lowest BCUT2D eigenvalue weighted by atomic mass is 9.99. The third kappa shape index (κ3) is 3.84. The van der Waals surface area contributed by atoms with Gasteiger partial charge in [0.05, 0.1) is 5.56 Å². The molecular weight excluding hydrogens is 450 g/mol. The second kappa shape index (κ2) is 8.43. The molecule has 0 aliphatic carbocycles. The van der Waals surface area contributed by atoms with E-state index in [9.17, 15) is 13.6 Å². The Bertz CT molecular complexity index is 1620. The third-order valence-electron chi connectivity index (χ3n) is 5.99. The van der Waals surface area contributed by atoms with Crippen LogP contribution in [0.15, 0.2) is 65.5 Å². The fraction of sp³-hybridized carbons (Fsp3) is 0.154. The number of halogens is 2. The second-order valence-corrected chi connectivity index (χ2v) is 8.49. The van der Waals surface area contributed by atoms with Gasteiger partial charge in [-0.2, -0.15) is 4.68 Å². The lowest BCUT2D eigenvalue weighted by Crippen LogP contribution is -2.45. The average molecular weight is 474 g/mol. The maximum absolute atomic E-state index is 14.6. The number of hydrogen-bond donors (Lipinski definition) is 2. The summed E-state index contributed by atoms with van der Waals surface area (Å²) in [5, 5.41) is 3.13. The van der Waals surface area contributed by atoms with E-state index in [1.807, 2.05) is 56.3 Å². The Morgan fingerprint density at radius 2 is 1.66 bits per heavy atom. The van der Waals surface area contributed by atoms with E-state index in [0.717, 1.165) is 34.6 Å². The number of anilines is 1. The quantitative estimate of drug-likeness (QED) is 0.384. The largest absolute Gasteiger partial charge is 0.428 e. The number of nitrogens with one attached hydrogen (secondary N) is 1. The van der Waals surface area contributed by atoms with Crippen molar-refractivity contribution in [1.82, 2.24) is 19.7 Å². The van der Waals surface area contributed by atoms with Gasteiger partial charge in [-0.1, -0.05) is 36.4 Å². The highest BCUT2D eigenvalue weighted by atomic mass is 19.1. The first kappa shape index (κ1) is 22.4. The summed E-state index contributed by atoms with van der Waals surface area (Å²) in [7, 11) is 0. The van der Waals surface area contributed by atoms with Crippen molar-refractivity contribution in [2.24, 2.45) is 0 Å². The zero-order valence-corrected chi connectivity index (χ0v) is 19.4. The molecule has 0 amide bonds. The number of H-pyrrole nitrogens is 1. The van der Waals surface area contributed by atoms with Gasteiger partial charge < -0.3 is 5.73 Å². The molecule has 1 unspecified atom stereocenters. The minimum absolute atomic E-state index is 0.0168. The zero-order valence-electron chi connectivity index (χ0n) is 19.4. The van der Waals surface area contributed by atoms with E-state index in [2.05, 4.69) is 15.1 Å². The Kier molecular flexibility index (Phi) is 5.39.